The van der Waals surface area contributed by atoms with Crippen LogP contribution in [0, 0.1) is 6.92 Å². The second-order valence-corrected chi connectivity index (χ2v) is 9.19. The number of benzene rings is 1. The highest BCUT2D eigenvalue weighted by Crippen LogP contribution is 2.43. The Kier molecular flexibility index (Phi) is 4.12. The minimum absolute atomic E-state index is 0.0631. The molecule has 132 valence electrons. The monoisotopic (exact) mass is 353 g/mol. The standard InChI is InChI=1S/C17H23NO5S/c1-11-5-7-12(8-6-11)24(20,21)18(16(19)23-17(2,3)4)13-9-10-14-15(13)22-14/h5-8,13-15H,9-10H2,1-4H3/t13-,14-,15+/m1/s1. The Balaban J connectivity index is 1.97. The van der Waals surface area contributed by atoms with E-state index in [1.165, 1.54) is 12.1 Å². The number of ether oxygens (including phenoxy) is 2. The highest BCUT2D eigenvalue weighted by molar-refractivity contribution is 7.89. The normalized spacial score (nSPS) is 25.9. The summed E-state index contributed by atoms with van der Waals surface area (Å²) in [7, 11) is -4.00. The van der Waals surface area contributed by atoms with Crippen LogP contribution in [0.3, 0.4) is 0 Å². The Hall–Kier alpha value is -1.60. The summed E-state index contributed by atoms with van der Waals surface area (Å²) in [5.74, 6) is 0. The average Bonchev–Trinajstić information content (AvgIpc) is 3.12. The maximum Gasteiger partial charge on any atom is 0.424 e. The fourth-order valence-corrected chi connectivity index (χ4v) is 4.54. The number of rotatable bonds is 3. The van der Waals surface area contributed by atoms with Crippen molar-refractivity contribution in [2.24, 2.45) is 0 Å². The molecule has 1 saturated carbocycles. The lowest BCUT2D eigenvalue weighted by molar-refractivity contribution is 0.0311. The lowest BCUT2D eigenvalue weighted by atomic mass is 10.2. The third-order valence-corrected chi connectivity index (χ3v) is 6.01. The number of hydrogen-bond acceptors (Lipinski definition) is 5. The van der Waals surface area contributed by atoms with Gasteiger partial charge in [-0.2, -0.15) is 4.31 Å². The van der Waals surface area contributed by atoms with Crippen molar-refractivity contribution in [2.75, 3.05) is 0 Å². The van der Waals surface area contributed by atoms with Gasteiger partial charge in [0.25, 0.3) is 10.0 Å². The Bertz CT molecular complexity index is 735. The van der Waals surface area contributed by atoms with E-state index < -0.39 is 27.8 Å². The van der Waals surface area contributed by atoms with Crippen molar-refractivity contribution >= 4 is 16.1 Å². The minimum Gasteiger partial charge on any atom is -0.443 e. The molecule has 1 aromatic carbocycles. The second kappa shape index (κ2) is 5.74. The Labute approximate surface area is 142 Å². The maximum absolute atomic E-state index is 13.1. The first kappa shape index (κ1) is 17.2. The number of amides is 1. The van der Waals surface area contributed by atoms with E-state index in [-0.39, 0.29) is 17.1 Å². The van der Waals surface area contributed by atoms with E-state index in [9.17, 15) is 13.2 Å². The van der Waals surface area contributed by atoms with Crippen molar-refractivity contribution in [2.45, 2.75) is 69.3 Å². The highest BCUT2D eigenvalue weighted by atomic mass is 32.2. The van der Waals surface area contributed by atoms with Crippen LogP contribution in [0.5, 0.6) is 0 Å². The number of carbonyl (C=O) groups is 1. The molecule has 0 bridgehead atoms. The molecule has 3 rings (SSSR count). The summed E-state index contributed by atoms with van der Waals surface area (Å²) < 4.78 is 37.9. The predicted octanol–water partition coefficient (Wildman–Crippen LogP) is 2.85. The van der Waals surface area contributed by atoms with Gasteiger partial charge in [-0.15, -0.1) is 0 Å². The van der Waals surface area contributed by atoms with Crippen LogP contribution in [0.4, 0.5) is 4.79 Å². The van der Waals surface area contributed by atoms with Gasteiger partial charge in [0, 0.05) is 0 Å². The van der Waals surface area contributed by atoms with Crippen molar-refractivity contribution < 1.29 is 22.7 Å². The SMILES string of the molecule is Cc1ccc(S(=O)(=O)N(C(=O)OC(C)(C)C)[C@@H]2CC[C@H]3O[C@@H]23)cc1. The van der Waals surface area contributed by atoms with E-state index in [0.717, 1.165) is 16.3 Å². The number of epoxide rings is 1. The summed E-state index contributed by atoms with van der Waals surface area (Å²) >= 11 is 0. The predicted molar refractivity (Wildman–Crippen MR) is 88.1 cm³/mol. The fourth-order valence-electron chi connectivity index (χ4n) is 3.02. The summed E-state index contributed by atoms with van der Waals surface area (Å²) in [6.07, 6.45) is 0.368. The van der Waals surface area contributed by atoms with Gasteiger partial charge in [-0.1, -0.05) is 17.7 Å². The van der Waals surface area contributed by atoms with Crippen LogP contribution in [-0.4, -0.2) is 42.7 Å². The number of fused-ring (bicyclic) bond motifs is 1. The largest absolute Gasteiger partial charge is 0.443 e. The van der Waals surface area contributed by atoms with Crippen molar-refractivity contribution in [1.82, 2.24) is 4.31 Å². The molecular weight excluding hydrogens is 330 g/mol. The van der Waals surface area contributed by atoms with Crippen LogP contribution in [0.1, 0.15) is 39.2 Å². The molecule has 1 amide bonds. The van der Waals surface area contributed by atoms with Crippen LogP contribution < -0.4 is 0 Å². The van der Waals surface area contributed by atoms with Gasteiger partial charge in [0.2, 0.25) is 0 Å². The smallest absolute Gasteiger partial charge is 0.424 e. The van der Waals surface area contributed by atoms with E-state index in [1.54, 1.807) is 32.9 Å². The molecule has 0 spiro atoms. The Morgan fingerprint density at radius 3 is 2.29 bits per heavy atom. The van der Waals surface area contributed by atoms with E-state index in [2.05, 4.69) is 0 Å². The van der Waals surface area contributed by atoms with Crippen molar-refractivity contribution in [3.63, 3.8) is 0 Å². The van der Waals surface area contributed by atoms with Gasteiger partial charge in [-0.3, -0.25) is 0 Å². The van der Waals surface area contributed by atoms with Crippen molar-refractivity contribution in [3.8, 4) is 0 Å². The third-order valence-electron chi connectivity index (χ3n) is 4.20. The molecule has 6 nitrogen and oxygen atoms in total. The number of carbonyl (C=O) groups excluding carboxylic acids is 1. The van der Waals surface area contributed by atoms with E-state index in [4.69, 9.17) is 9.47 Å². The van der Waals surface area contributed by atoms with Gasteiger partial charge in [0.05, 0.1) is 17.0 Å². The molecule has 7 heteroatoms. The van der Waals surface area contributed by atoms with Crippen LogP contribution in [0.15, 0.2) is 29.2 Å². The summed E-state index contributed by atoms with van der Waals surface area (Å²) in [5, 5.41) is 0. The summed E-state index contributed by atoms with van der Waals surface area (Å²) in [6.45, 7) is 7.02. The molecule has 0 unspecified atom stereocenters. The molecule has 1 saturated heterocycles. The van der Waals surface area contributed by atoms with Gasteiger partial charge in [0.15, 0.2) is 0 Å². The first-order chi connectivity index (χ1) is 11.1. The molecule has 1 heterocycles. The van der Waals surface area contributed by atoms with Crippen LogP contribution in [0.25, 0.3) is 0 Å². The molecule has 0 radical (unpaired) electrons. The van der Waals surface area contributed by atoms with Crippen molar-refractivity contribution in [3.05, 3.63) is 29.8 Å². The molecular formula is C17H23NO5S. The fraction of sp³-hybridized carbons (Fsp3) is 0.588. The summed E-state index contributed by atoms with van der Waals surface area (Å²) in [4.78, 5) is 12.8. The topological polar surface area (TPSA) is 76.2 Å². The zero-order valence-electron chi connectivity index (χ0n) is 14.4. The average molecular weight is 353 g/mol. The quantitative estimate of drug-likeness (QED) is 0.781. The van der Waals surface area contributed by atoms with E-state index >= 15 is 0 Å². The molecule has 2 fully saturated rings. The van der Waals surface area contributed by atoms with Gasteiger partial charge in [-0.25, -0.2) is 13.2 Å². The van der Waals surface area contributed by atoms with Crippen molar-refractivity contribution in [1.29, 1.82) is 0 Å². The number of hydrogen-bond donors (Lipinski definition) is 0. The highest BCUT2D eigenvalue weighted by Gasteiger charge is 2.56. The first-order valence-corrected chi connectivity index (χ1v) is 9.53. The first-order valence-electron chi connectivity index (χ1n) is 8.09. The minimum atomic E-state index is -4.00. The molecule has 0 aromatic heterocycles. The molecule has 24 heavy (non-hydrogen) atoms. The molecule has 1 aliphatic heterocycles. The Morgan fingerprint density at radius 2 is 1.83 bits per heavy atom. The number of nitrogens with zero attached hydrogens (tertiary/aromatic N) is 1. The molecule has 1 aliphatic carbocycles. The summed E-state index contributed by atoms with van der Waals surface area (Å²) in [6, 6.07) is 5.96. The number of aryl methyl sites for hydroxylation is 1. The van der Waals surface area contributed by atoms with Crippen LogP contribution in [-0.2, 0) is 19.5 Å². The maximum atomic E-state index is 13.1. The molecule has 1 aromatic rings. The third kappa shape index (κ3) is 3.28. The van der Waals surface area contributed by atoms with Crippen LogP contribution >= 0.6 is 0 Å². The lowest BCUT2D eigenvalue weighted by Crippen LogP contribution is -2.48. The molecule has 3 atom stereocenters. The van der Waals surface area contributed by atoms with Crippen LogP contribution in [0.2, 0.25) is 0 Å². The van der Waals surface area contributed by atoms with E-state index in [1.807, 2.05) is 6.92 Å². The molecule has 0 N–H and O–H groups in total. The van der Waals surface area contributed by atoms with Gasteiger partial charge in [-0.05, 0) is 52.7 Å². The second-order valence-electron chi connectivity index (χ2n) is 7.38. The zero-order chi connectivity index (χ0) is 17.7. The van der Waals surface area contributed by atoms with Gasteiger partial charge >= 0.3 is 6.09 Å². The number of sulfonamides is 1. The lowest BCUT2D eigenvalue weighted by Gasteiger charge is -2.31. The Morgan fingerprint density at radius 1 is 1.21 bits per heavy atom. The summed E-state index contributed by atoms with van der Waals surface area (Å²) in [5.41, 5.74) is 0.171. The van der Waals surface area contributed by atoms with Gasteiger partial charge < -0.3 is 9.47 Å². The zero-order valence-corrected chi connectivity index (χ0v) is 15.2. The van der Waals surface area contributed by atoms with Gasteiger partial charge in [0.1, 0.15) is 11.7 Å². The molecule has 2 aliphatic rings. The van der Waals surface area contributed by atoms with E-state index in [0.29, 0.717) is 6.42 Å².